The first kappa shape index (κ1) is 22.4. The number of nitrogens with one attached hydrogen (secondary N) is 1. The van der Waals surface area contributed by atoms with Gasteiger partial charge in [0.15, 0.2) is 17.7 Å². The van der Waals surface area contributed by atoms with Crippen molar-refractivity contribution >= 4 is 35.5 Å². The molecule has 1 aromatic heterocycles. The number of amides is 2. The number of allylic oxidation sites excluding steroid dienone is 2. The Morgan fingerprint density at radius 1 is 1.41 bits per heavy atom. The number of likely N-dealkylation sites (tertiary alicyclic amines) is 1. The molecule has 1 aromatic rings. The van der Waals surface area contributed by atoms with Crippen LogP contribution in [0.15, 0.2) is 53.0 Å². The van der Waals surface area contributed by atoms with E-state index in [1.807, 2.05) is 37.8 Å². The van der Waals surface area contributed by atoms with Gasteiger partial charge in [-0.3, -0.25) is 9.59 Å². The van der Waals surface area contributed by atoms with Crippen LogP contribution in [0.1, 0.15) is 32.8 Å². The number of carbonyl (C=O) groups is 2. The van der Waals surface area contributed by atoms with E-state index in [-0.39, 0.29) is 17.7 Å². The standard InChI is InChI=1S/C25H29N3O3S/c1-5-8-32-16(4)18-10-19-13-28(14-20(19)11-18)22(29)7-6-17-9-21-24(26-12-17)27-25(30)23(31-21)15(2)3/h5-10,12,15,19-20,23H,4,11,13-14H2,1-3H3,(H,26,27,30)/b7-6+,8-5-. The molecule has 6 nitrogen and oxygen atoms in total. The fraction of sp³-hybridized carbons (Fsp3) is 0.400. The average Bonchev–Trinajstić information content (AvgIpc) is 3.34. The van der Waals surface area contributed by atoms with Gasteiger partial charge in [0.2, 0.25) is 5.91 Å². The van der Waals surface area contributed by atoms with E-state index in [1.165, 1.54) is 5.57 Å². The van der Waals surface area contributed by atoms with Gasteiger partial charge in [-0.25, -0.2) is 4.98 Å². The monoisotopic (exact) mass is 451 g/mol. The quantitative estimate of drug-likeness (QED) is 0.638. The number of pyridine rings is 1. The van der Waals surface area contributed by atoms with E-state index >= 15 is 0 Å². The smallest absolute Gasteiger partial charge is 0.266 e. The fourth-order valence-electron chi connectivity index (χ4n) is 4.35. The van der Waals surface area contributed by atoms with Gasteiger partial charge in [-0.1, -0.05) is 44.3 Å². The Labute approximate surface area is 193 Å². The van der Waals surface area contributed by atoms with Gasteiger partial charge in [0, 0.05) is 30.3 Å². The van der Waals surface area contributed by atoms with E-state index in [0.717, 1.165) is 30.0 Å². The second-order valence-corrected chi connectivity index (χ2v) is 9.79. The molecule has 7 heteroatoms. The summed E-state index contributed by atoms with van der Waals surface area (Å²) in [4.78, 5) is 32.1. The van der Waals surface area contributed by atoms with Gasteiger partial charge >= 0.3 is 0 Å². The van der Waals surface area contributed by atoms with Crippen LogP contribution in [-0.4, -0.2) is 40.9 Å². The molecule has 168 valence electrons. The Morgan fingerprint density at radius 3 is 2.94 bits per heavy atom. The van der Waals surface area contributed by atoms with Crippen LogP contribution in [0.5, 0.6) is 5.75 Å². The number of anilines is 1. The van der Waals surface area contributed by atoms with E-state index in [4.69, 9.17) is 4.74 Å². The molecule has 0 bridgehead atoms. The lowest BCUT2D eigenvalue weighted by molar-refractivity contribution is -0.126. The van der Waals surface area contributed by atoms with Crippen molar-refractivity contribution in [3.8, 4) is 5.75 Å². The molecule has 1 N–H and O–H groups in total. The second-order valence-electron chi connectivity index (χ2n) is 8.79. The van der Waals surface area contributed by atoms with Crippen LogP contribution in [0.3, 0.4) is 0 Å². The van der Waals surface area contributed by atoms with Gasteiger partial charge in [-0.2, -0.15) is 0 Å². The topological polar surface area (TPSA) is 71.5 Å². The van der Waals surface area contributed by atoms with Gasteiger partial charge in [-0.05, 0) is 59.8 Å². The third-order valence-corrected chi connectivity index (χ3v) is 7.01. The molecule has 0 radical (unpaired) electrons. The van der Waals surface area contributed by atoms with E-state index < -0.39 is 6.10 Å². The lowest BCUT2D eigenvalue weighted by atomic mass is 10.00. The van der Waals surface area contributed by atoms with E-state index in [0.29, 0.717) is 23.4 Å². The molecular weight excluding hydrogens is 422 g/mol. The Hall–Kier alpha value is -2.80. The van der Waals surface area contributed by atoms with Gasteiger partial charge in [0.25, 0.3) is 5.91 Å². The lowest BCUT2D eigenvalue weighted by Gasteiger charge is -2.27. The van der Waals surface area contributed by atoms with Gasteiger partial charge < -0.3 is 15.0 Å². The molecule has 1 aliphatic carbocycles. The third kappa shape index (κ3) is 4.67. The lowest BCUT2D eigenvalue weighted by Crippen LogP contribution is -2.40. The van der Waals surface area contributed by atoms with Crippen molar-refractivity contribution in [3.05, 3.63) is 58.5 Å². The summed E-state index contributed by atoms with van der Waals surface area (Å²) in [5.41, 5.74) is 2.08. The molecule has 0 aromatic carbocycles. The van der Waals surface area contributed by atoms with Crippen LogP contribution in [0.4, 0.5) is 5.82 Å². The summed E-state index contributed by atoms with van der Waals surface area (Å²) in [7, 11) is 0. The highest BCUT2D eigenvalue weighted by Gasteiger charge is 2.38. The van der Waals surface area contributed by atoms with Crippen molar-refractivity contribution in [2.24, 2.45) is 17.8 Å². The van der Waals surface area contributed by atoms with Crippen LogP contribution in [0, 0.1) is 17.8 Å². The number of fused-ring (bicyclic) bond motifs is 2. The Morgan fingerprint density at radius 2 is 2.22 bits per heavy atom. The van der Waals surface area contributed by atoms with E-state index in [9.17, 15) is 9.59 Å². The summed E-state index contributed by atoms with van der Waals surface area (Å²) in [6, 6.07) is 1.81. The van der Waals surface area contributed by atoms with Crippen LogP contribution < -0.4 is 10.1 Å². The highest BCUT2D eigenvalue weighted by Crippen LogP contribution is 2.42. The van der Waals surface area contributed by atoms with Crippen LogP contribution >= 0.6 is 11.8 Å². The van der Waals surface area contributed by atoms with Crippen molar-refractivity contribution in [2.75, 3.05) is 18.4 Å². The number of hydrogen-bond donors (Lipinski definition) is 1. The van der Waals surface area contributed by atoms with E-state index in [1.54, 1.807) is 30.1 Å². The zero-order chi connectivity index (χ0) is 22.8. The molecule has 0 saturated carbocycles. The number of thioether (sulfide) groups is 1. The van der Waals surface area contributed by atoms with Crippen LogP contribution in [0.2, 0.25) is 0 Å². The maximum Gasteiger partial charge on any atom is 0.266 e. The Balaban J connectivity index is 1.37. The number of ether oxygens (including phenoxy) is 1. The Kier molecular flexibility index (Phi) is 6.55. The minimum atomic E-state index is -0.542. The molecule has 2 amide bonds. The summed E-state index contributed by atoms with van der Waals surface area (Å²) < 4.78 is 5.83. The number of hydrogen-bond acceptors (Lipinski definition) is 5. The van der Waals surface area contributed by atoms with E-state index in [2.05, 4.69) is 28.4 Å². The molecule has 3 unspecified atom stereocenters. The normalized spacial score (nSPS) is 24.5. The predicted octanol–water partition coefficient (Wildman–Crippen LogP) is 4.64. The molecule has 0 spiro atoms. The first-order chi connectivity index (χ1) is 15.4. The maximum atomic E-state index is 12.8. The molecule has 1 saturated heterocycles. The fourth-order valence-corrected chi connectivity index (χ4v) is 4.95. The van der Waals surface area contributed by atoms with Gasteiger partial charge in [0.05, 0.1) is 0 Å². The van der Waals surface area contributed by atoms with Crippen LogP contribution in [-0.2, 0) is 9.59 Å². The zero-order valence-corrected chi connectivity index (χ0v) is 19.5. The molecule has 3 atom stereocenters. The van der Waals surface area contributed by atoms with Crippen molar-refractivity contribution in [1.82, 2.24) is 9.88 Å². The maximum absolute atomic E-state index is 12.8. The number of rotatable bonds is 6. The minimum absolute atomic E-state index is 0.00321. The SMILES string of the molecule is C=C(S/C=C\C)C1=CC2CN(C(=O)/C=C/c3cnc4c(c3)OC(C(C)C)C(=O)N4)CC2C1. The van der Waals surface area contributed by atoms with Crippen molar-refractivity contribution < 1.29 is 14.3 Å². The summed E-state index contributed by atoms with van der Waals surface area (Å²) in [5.74, 6) is 1.69. The molecule has 1 fully saturated rings. The van der Waals surface area contributed by atoms with Gasteiger partial charge in [-0.15, -0.1) is 0 Å². The molecule has 4 rings (SSSR count). The molecule has 3 heterocycles. The van der Waals surface area contributed by atoms with Crippen molar-refractivity contribution in [3.63, 3.8) is 0 Å². The number of nitrogens with zero attached hydrogens (tertiary/aromatic N) is 2. The third-order valence-electron chi connectivity index (χ3n) is 6.06. The number of carbonyl (C=O) groups excluding carboxylic acids is 2. The average molecular weight is 452 g/mol. The first-order valence-corrected chi connectivity index (χ1v) is 11.9. The molecule has 3 aliphatic rings. The summed E-state index contributed by atoms with van der Waals surface area (Å²) in [6.07, 6.45) is 9.73. The van der Waals surface area contributed by atoms with Gasteiger partial charge in [0.1, 0.15) is 0 Å². The summed E-state index contributed by atoms with van der Waals surface area (Å²) in [6.45, 7) is 11.6. The largest absolute Gasteiger partial charge is 0.476 e. The van der Waals surface area contributed by atoms with Crippen molar-refractivity contribution in [1.29, 1.82) is 0 Å². The molecular formula is C25H29N3O3S. The summed E-state index contributed by atoms with van der Waals surface area (Å²) in [5, 5.41) is 4.83. The second kappa shape index (κ2) is 9.36. The zero-order valence-electron chi connectivity index (χ0n) is 18.7. The first-order valence-electron chi connectivity index (χ1n) is 11.0. The predicted molar refractivity (Wildman–Crippen MR) is 129 cm³/mol. The van der Waals surface area contributed by atoms with Crippen LogP contribution in [0.25, 0.3) is 6.08 Å². The minimum Gasteiger partial charge on any atom is -0.476 e. The highest BCUT2D eigenvalue weighted by atomic mass is 32.2. The summed E-state index contributed by atoms with van der Waals surface area (Å²) >= 11 is 1.66. The number of aromatic nitrogens is 1. The van der Waals surface area contributed by atoms with Crippen molar-refractivity contribution in [2.45, 2.75) is 33.3 Å². The molecule has 32 heavy (non-hydrogen) atoms. The highest BCUT2D eigenvalue weighted by molar-refractivity contribution is 8.06. The Bertz CT molecular complexity index is 1030. The molecule has 2 aliphatic heterocycles.